The fourth-order valence-electron chi connectivity index (χ4n) is 4.85. The highest BCUT2D eigenvalue weighted by molar-refractivity contribution is 7.80. The molecule has 5 rings (SSSR count). The Bertz CT molecular complexity index is 1080. The molecule has 2 aromatic heterocycles. The van der Waals surface area contributed by atoms with Gasteiger partial charge in [0.25, 0.3) is 0 Å². The van der Waals surface area contributed by atoms with E-state index in [2.05, 4.69) is 33.3 Å². The second-order valence-electron chi connectivity index (χ2n) is 8.31. The first-order valence-electron chi connectivity index (χ1n) is 10.8. The van der Waals surface area contributed by atoms with Gasteiger partial charge in [-0.3, -0.25) is 4.98 Å². The number of benzene rings is 1. The van der Waals surface area contributed by atoms with Crippen molar-refractivity contribution in [1.82, 2.24) is 14.9 Å². The highest BCUT2D eigenvalue weighted by Gasteiger charge is 2.42. The van der Waals surface area contributed by atoms with Crippen molar-refractivity contribution in [2.45, 2.75) is 50.2 Å². The van der Waals surface area contributed by atoms with Crippen LogP contribution in [0.2, 0.25) is 5.02 Å². The van der Waals surface area contributed by atoms with Crippen molar-refractivity contribution < 1.29 is 5.11 Å². The molecule has 2 atom stereocenters. The van der Waals surface area contributed by atoms with Gasteiger partial charge in [-0.1, -0.05) is 36.9 Å². The number of phenols is 1. The molecule has 0 bridgehead atoms. The van der Waals surface area contributed by atoms with E-state index in [1.54, 1.807) is 24.4 Å². The van der Waals surface area contributed by atoms with Gasteiger partial charge in [-0.2, -0.15) is 0 Å². The van der Waals surface area contributed by atoms with Crippen LogP contribution in [0.3, 0.4) is 0 Å². The van der Waals surface area contributed by atoms with Crippen molar-refractivity contribution in [3.63, 3.8) is 0 Å². The molecular formula is C24H25ClN4OS. The number of nitrogens with zero attached hydrogens (tertiary/aromatic N) is 3. The molecule has 2 unspecified atom stereocenters. The van der Waals surface area contributed by atoms with Crippen LogP contribution in [0.15, 0.2) is 61.1 Å². The Balaban J connectivity index is 1.58. The van der Waals surface area contributed by atoms with Crippen molar-refractivity contribution in [3.8, 4) is 5.75 Å². The quantitative estimate of drug-likeness (QED) is 0.481. The molecule has 1 aliphatic heterocycles. The summed E-state index contributed by atoms with van der Waals surface area (Å²) < 4.78 is 2.35. The van der Waals surface area contributed by atoms with Crippen LogP contribution in [-0.4, -0.2) is 19.8 Å². The second-order valence-corrected chi connectivity index (χ2v) is 9.14. The van der Waals surface area contributed by atoms with Crippen LogP contribution in [0.4, 0.5) is 5.69 Å². The van der Waals surface area contributed by atoms with Crippen molar-refractivity contribution in [3.05, 3.63) is 77.3 Å². The lowest BCUT2D eigenvalue weighted by molar-refractivity contribution is 0.353. The molecule has 0 amide bonds. The summed E-state index contributed by atoms with van der Waals surface area (Å²) in [6, 6.07) is 13.4. The summed E-state index contributed by atoms with van der Waals surface area (Å²) in [5, 5.41) is 15.2. The number of phenolic OH excluding ortho intramolecular Hbond substituents is 1. The number of aromatic nitrogens is 2. The molecule has 2 N–H and O–H groups in total. The number of thiocarbonyl (C=S) groups is 1. The van der Waals surface area contributed by atoms with Gasteiger partial charge in [0, 0.05) is 29.7 Å². The zero-order valence-electron chi connectivity index (χ0n) is 17.1. The molecule has 31 heavy (non-hydrogen) atoms. The van der Waals surface area contributed by atoms with E-state index >= 15 is 0 Å². The zero-order valence-corrected chi connectivity index (χ0v) is 18.7. The van der Waals surface area contributed by atoms with Gasteiger partial charge in [-0.05, 0) is 67.0 Å². The average molecular weight is 453 g/mol. The summed E-state index contributed by atoms with van der Waals surface area (Å²) in [6.07, 6.45) is 12.5. The first kappa shape index (κ1) is 20.3. The second kappa shape index (κ2) is 8.52. The molecule has 0 spiro atoms. The van der Waals surface area contributed by atoms with Crippen LogP contribution in [0.1, 0.15) is 61.5 Å². The third-order valence-electron chi connectivity index (χ3n) is 6.37. The lowest BCUT2D eigenvalue weighted by Gasteiger charge is -2.28. The summed E-state index contributed by atoms with van der Waals surface area (Å²) in [6.45, 7) is 0. The van der Waals surface area contributed by atoms with Crippen LogP contribution in [0.25, 0.3) is 0 Å². The van der Waals surface area contributed by atoms with E-state index in [4.69, 9.17) is 23.8 Å². The number of anilines is 1. The Morgan fingerprint density at radius 2 is 1.94 bits per heavy atom. The zero-order chi connectivity index (χ0) is 21.4. The minimum Gasteiger partial charge on any atom is -0.506 e. The fraction of sp³-hybridized carbons (Fsp3) is 0.333. The lowest BCUT2D eigenvalue weighted by atomic mass is 9.95. The van der Waals surface area contributed by atoms with Crippen molar-refractivity contribution in [1.29, 1.82) is 0 Å². The van der Waals surface area contributed by atoms with Gasteiger partial charge in [0.2, 0.25) is 0 Å². The van der Waals surface area contributed by atoms with Crippen molar-refractivity contribution in [2.24, 2.45) is 0 Å². The number of halogens is 1. The lowest BCUT2D eigenvalue weighted by Crippen LogP contribution is -2.29. The van der Waals surface area contributed by atoms with Crippen molar-refractivity contribution >= 4 is 34.6 Å². The minimum absolute atomic E-state index is 0.144. The fourth-order valence-corrected chi connectivity index (χ4v) is 5.36. The molecule has 1 saturated carbocycles. The summed E-state index contributed by atoms with van der Waals surface area (Å²) >= 11 is 12.0. The summed E-state index contributed by atoms with van der Waals surface area (Å²) in [7, 11) is 0. The molecule has 160 valence electrons. The Hall–Kier alpha value is -2.57. The molecule has 3 heterocycles. The van der Waals surface area contributed by atoms with E-state index in [-0.39, 0.29) is 17.8 Å². The smallest absolute Gasteiger partial charge is 0.174 e. The molecule has 0 radical (unpaired) electrons. The van der Waals surface area contributed by atoms with E-state index in [9.17, 15) is 5.11 Å². The molecular weight excluding hydrogens is 428 g/mol. The molecule has 1 aromatic carbocycles. The predicted molar refractivity (Wildman–Crippen MR) is 128 cm³/mol. The van der Waals surface area contributed by atoms with E-state index in [0.29, 0.717) is 21.9 Å². The van der Waals surface area contributed by atoms with Crippen LogP contribution in [0.5, 0.6) is 5.75 Å². The maximum Gasteiger partial charge on any atom is 0.174 e. The molecule has 1 saturated heterocycles. The van der Waals surface area contributed by atoms with Gasteiger partial charge in [-0.15, -0.1) is 0 Å². The van der Waals surface area contributed by atoms with Crippen LogP contribution >= 0.6 is 23.8 Å². The van der Waals surface area contributed by atoms with E-state index < -0.39 is 0 Å². The van der Waals surface area contributed by atoms with Crippen molar-refractivity contribution in [2.75, 3.05) is 4.90 Å². The Morgan fingerprint density at radius 1 is 1.10 bits per heavy atom. The standard InChI is InChI=1S/C24H25ClN4OS/c25-17-9-10-21(30)20(14-17)29-23(22(27-24(29)31)19-8-4-5-12-26-19)16-11-13-28(15-16)18-6-2-1-3-7-18/h4-5,8-15,18,22-23,30H,1-3,6-7H2,(H,27,31). The van der Waals surface area contributed by atoms with Crippen LogP contribution < -0.4 is 10.2 Å². The summed E-state index contributed by atoms with van der Waals surface area (Å²) in [4.78, 5) is 6.56. The Kier molecular flexibility index (Phi) is 5.59. The Morgan fingerprint density at radius 3 is 2.71 bits per heavy atom. The van der Waals surface area contributed by atoms with Gasteiger partial charge in [0.15, 0.2) is 5.11 Å². The SMILES string of the molecule is Oc1ccc(Cl)cc1N1C(=S)NC(c2ccccn2)C1c1ccn(C2CCCCC2)c1. The van der Waals surface area contributed by atoms with E-state index in [1.165, 1.54) is 32.1 Å². The minimum atomic E-state index is -0.156. The molecule has 5 nitrogen and oxygen atoms in total. The number of pyridine rings is 1. The number of hydrogen-bond acceptors (Lipinski definition) is 3. The number of nitrogens with one attached hydrogen (secondary N) is 1. The number of hydrogen-bond donors (Lipinski definition) is 2. The van der Waals surface area contributed by atoms with Gasteiger partial charge < -0.3 is 19.9 Å². The molecule has 2 fully saturated rings. The molecule has 1 aliphatic carbocycles. The third kappa shape index (κ3) is 3.90. The predicted octanol–water partition coefficient (Wildman–Crippen LogP) is 5.92. The average Bonchev–Trinajstić information content (AvgIpc) is 3.41. The van der Waals surface area contributed by atoms with Crippen LogP contribution in [0, 0.1) is 0 Å². The normalized spacial score (nSPS) is 22.0. The monoisotopic (exact) mass is 452 g/mol. The van der Waals surface area contributed by atoms with E-state index in [1.807, 2.05) is 23.1 Å². The topological polar surface area (TPSA) is 53.3 Å². The summed E-state index contributed by atoms with van der Waals surface area (Å²) in [5.41, 5.74) is 2.64. The highest BCUT2D eigenvalue weighted by Crippen LogP contribution is 2.45. The largest absolute Gasteiger partial charge is 0.506 e. The van der Waals surface area contributed by atoms with Gasteiger partial charge in [0.1, 0.15) is 5.75 Å². The van der Waals surface area contributed by atoms with E-state index in [0.717, 1.165) is 11.3 Å². The highest BCUT2D eigenvalue weighted by atomic mass is 35.5. The van der Waals surface area contributed by atoms with Crippen LogP contribution in [-0.2, 0) is 0 Å². The number of aromatic hydroxyl groups is 1. The maximum absolute atomic E-state index is 10.6. The number of rotatable bonds is 4. The molecule has 7 heteroatoms. The van der Waals surface area contributed by atoms with Gasteiger partial charge >= 0.3 is 0 Å². The molecule has 3 aromatic rings. The maximum atomic E-state index is 10.6. The first-order valence-corrected chi connectivity index (χ1v) is 11.6. The summed E-state index contributed by atoms with van der Waals surface area (Å²) in [5.74, 6) is 0.145. The third-order valence-corrected chi connectivity index (χ3v) is 6.92. The molecule has 2 aliphatic rings. The Labute approximate surface area is 192 Å². The van der Waals surface area contributed by atoms with Gasteiger partial charge in [0.05, 0.1) is 23.5 Å². The first-order chi connectivity index (χ1) is 15.1. The van der Waals surface area contributed by atoms with Gasteiger partial charge in [-0.25, -0.2) is 0 Å².